The molecule has 1 aromatic heterocycles. The fourth-order valence-electron chi connectivity index (χ4n) is 2.16. The Bertz CT molecular complexity index is 572. The number of rotatable bonds is 4. The molecule has 2 rings (SSSR count). The topological polar surface area (TPSA) is 52.0 Å². The zero-order valence-corrected chi connectivity index (χ0v) is 12.2. The van der Waals surface area contributed by atoms with E-state index in [0.717, 1.165) is 29.7 Å². The van der Waals surface area contributed by atoms with Gasteiger partial charge in [0.1, 0.15) is 0 Å². The van der Waals surface area contributed by atoms with Crippen LogP contribution in [0.2, 0.25) is 0 Å². The van der Waals surface area contributed by atoms with Crippen molar-refractivity contribution in [1.29, 1.82) is 0 Å². The molecule has 0 amide bonds. The molecular formula is C16H22N2O. The molecule has 3 nitrogen and oxygen atoms in total. The van der Waals surface area contributed by atoms with Crippen LogP contribution >= 0.6 is 0 Å². The Labute approximate surface area is 114 Å². The van der Waals surface area contributed by atoms with E-state index in [0.29, 0.717) is 11.8 Å². The van der Waals surface area contributed by atoms with Crippen LogP contribution in [0.25, 0.3) is 11.1 Å². The van der Waals surface area contributed by atoms with Gasteiger partial charge < -0.3 is 10.3 Å². The van der Waals surface area contributed by atoms with E-state index in [-0.39, 0.29) is 0 Å². The molecule has 0 spiro atoms. The molecule has 2 N–H and O–H groups in total. The zero-order chi connectivity index (χ0) is 14.0. The first kappa shape index (κ1) is 13.7. The largest absolute Gasteiger partial charge is 0.367 e. The molecule has 1 unspecified atom stereocenters. The predicted molar refractivity (Wildman–Crippen MR) is 79.0 cm³/mol. The van der Waals surface area contributed by atoms with Crippen LogP contribution in [0.5, 0.6) is 0 Å². The highest BCUT2D eigenvalue weighted by Gasteiger charge is 2.17. The average Bonchev–Trinajstić information content (AvgIpc) is 2.74. The zero-order valence-electron chi connectivity index (χ0n) is 12.2. The second-order valence-electron chi connectivity index (χ2n) is 5.39. The van der Waals surface area contributed by atoms with Crippen molar-refractivity contribution in [3.05, 3.63) is 35.0 Å². The summed E-state index contributed by atoms with van der Waals surface area (Å²) in [4.78, 5) is 0. The molecule has 2 aromatic rings. The Hall–Kier alpha value is -1.77. The molecule has 0 aliphatic carbocycles. The van der Waals surface area contributed by atoms with Gasteiger partial charge in [-0.3, -0.25) is 0 Å². The van der Waals surface area contributed by atoms with Gasteiger partial charge in [-0.1, -0.05) is 43.6 Å². The molecule has 3 heteroatoms. The number of anilines is 1. The molecule has 0 bridgehead atoms. The Morgan fingerprint density at radius 3 is 2.63 bits per heavy atom. The third kappa shape index (κ3) is 2.80. The van der Waals surface area contributed by atoms with E-state index in [1.165, 1.54) is 11.1 Å². The Morgan fingerprint density at radius 1 is 1.26 bits per heavy atom. The van der Waals surface area contributed by atoms with Crippen molar-refractivity contribution in [1.82, 2.24) is 5.16 Å². The maximum atomic E-state index is 5.95. The lowest BCUT2D eigenvalue weighted by Gasteiger charge is -2.09. The van der Waals surface area contributed by atoms with Gasteiger partial charge in [0.25, 0.3) is 0 Å². The van der Waals surface area contributed by atoms with Crippen LogP contribution < -0.4 is 5.73 Å². The van der Waals surface area contributed by atoms with Crippen molar-refractivity contribution < 1.29 is 4.52 Å². The summed E-state index contributed by atoms with van der Waals surface area (Å²) in [5.41, 5.74) is 11.5. The molecule has 0 radical (unpaired) electrons. The fraction of sp³-hybridized carbons (Fsp3) is 0.438. The Morgan fingerprint density at radius 2 is 2.00 bits per heavy atom. The summed E-state index contributed by atoms with van der Waals surface area (Å²) in [5, 5.41) is 4.13. The molecule has 0 saturated carbocycles. The maximum Gasteiger partial charge on any atom is 0.230 e. The van der Waals surface area contributed by atoms with E-state index < -0.39 is 0 Å². The van der Waals surface area contributed by atoms with Crippen molar-refractivity contribution in [2.24, 2.45) is 5.92 Å². The molecule has 0 aliphatic heterocycles. The summed E-state index contributed by atoms with van der Waals surface area (Å²) in [7, 11) is 0. The molecule has 0 saturated heterocycles. The van der Waals surface area contributed by atoms with E-state index in [1.54, 1.807) is 0 Å². The summed E-state index contributed by atoms with van der Waals surface area (Å²) < 4.78 is 5.19. The first-order chi connectivity index (χ1) is 9.02. The highest BCUT2D eigenvalue weighted by atomic mass is 16.5. The van der Waals surface area contributed by atoms with E-state index in [1.807, 2.05) is 0 Å². The van der Waals surface area contributed by atoms with Gasteiger partial charge in [-0.05, 0) is 42.9 Å². The number of aryl methyl sites for hydroxylation is 2. The molecule has 102 valence electrons. The maximum absolute atomic E-state index is 5.95. The first-order valence-electron chi connectivity index (χ1n) is 6.84. The fourth-order valence-corrected chi connectivity index (χ4v) is 2.16. The lowest BCUT2D eigenvalue weighted by atomic mass is 9.95. The van der Waals surface area contributed by atoms with Gasteiger partial charge in [0.15, 0.2) is 0 Å². The summed E-state index contributed by atoms with van der Waals surface area (Å²) in [6.45, 7) is 8.62. The van der Waals surface area contributed by atoms with E-state index in [2.05, 4.69) is 51.1 Å². The Kier molecular flexibility index (Phi) is 3.93. The lowest BCUT2D eigenvalue weighted by Crippen LogP contribution is -2.00. The minimum atomic E-state index is 0.418. The van der Waals surface area contributed by atoms with Gasteiger partial charge in [-0.15, -0.1) is 0 Å². The molecule has 0 fully saturated rings. The molecule has 0 aliphatic rings. The van der Waals surface area contributed by atoms with Crippen LogP contribution in [0.15, 0.2) is 22.7 Å². The monoisotopic (exact) mass is 258 g/mol. The van der Waals surface area contributed by atoms with Gasteiger partial charge in [0.05, 0.1) is 11.3 Å². The molecular weight excluding hydrogens is 236 g/mol. The van der Waals surface area contributed by atoms with Crippen molar-refractivity contribution in [2.45, 2.75) is 40.5 Å². The quantitative estimate of drug-likeness (QED) is 0.897. The van der Waals surface area contributed by atoms with Crippen molar-refractivity contribution in [3.63, 3.8) is 0 Å². The summed E-state index contributed by atoms with van der Waals surface area (Å²) in [6.07, 6.45) is 2.03. The minimum Gasteiger partial charge on any atom is -0.367 e. The summed E-state index contributed by atoms with van der Waals surface area (Å²) >= 11 is 0. The van der Waals surface area contributed by atoms with Crippen molar-refractivity contribution in [3.8, 4) is 11.1 Å². The lowest BCUT2D eigenvalue weighted by molar-refractivity contribution is 0.418. The van der Waals surface area contributed by atoms with Gasteiger partial charge in [-0.25, -0.2) is 0 Å². The number of aromatic nitrogens is 1. The van der Waals surface area contributed by atoms with Crippen LogP contribution in [0.3, 0.4) is 0 Å². The van der Waals surface area contributed by atoms with E-state index in [9.17, 15) is 0 Å². The smallest absolute Gasteiger partial charge is 0.230 e. The van der Waals surface area contributed by atoms with Crippen LogP contribution in [-0.2, 0) is 6.42 Å². The first-order valence-corrected chi connectivity index (χ1v) is 6.84. The molecule has 19 heavy (non-hydrogen) atoms. The molecule has 1 atom stereocenters. The van der Waals surface area contributed by atoms with Crippen molar-refractivity contribution >= 4 is 5.88 Å². The van der Waals surface area contributed by atoms with Crippen LogP contribution in [-0.4, -0.2) is 5.16 Å². The van der Waals surface area contributed by atoms with Gasteiger partial charge in [-0.2, -0.15) is 0 Å². The number of hydrogen-bond donors (Lipinski definition) is 1. The summed E-state index contributed by atoms with van der Waals surface area (Å²) in [6, 6.07) is 6.35. The number of benzene rings is 1. The minimum absolute atomic E-state index is 0.418. The molecule has 1 aromatic carbocycles. The number of hydrogen-bond acceptors (Lipinski definition) is 3. The average molecular weight is 258 g/mol. The van der Waals surface area contributed by atoms with Gasteiger partial charge in [0, 0.05) is 0 Å². The number of nitrogens with zero attached hydrogens (tertiary/aromatic N) is 1. The number of nitrogen functional groups attached to an aromatic ring is 1. The van der Waals surface area contributed by atoms with Gasteiger partial charge in [0.2, 0.25) is 5.88 Å². The van der Waals surface area contributed by atoms with E-state index >= 15 is 0 Å². The highest BCUT2D eigenvalue weighted by Crippen LogP contribution is 2.32. The third-order valence-corrected chi connectivity index (χ3v) is 3.82. The van der Waals surface area contributed by atoms with Crippen molar-refractivity contribution in [2.75, 3.05) is 5.73 Å². The third-order valence-electron chi connectivity index (χ3n) is 3.82. The molecule has 1 heterocycles. The van der Waals surface area contributed by atoms with Crippen LogP contribution in [0.1, 0.15) is 37.1 Å². The SMILES string of the molecule is CCC(C)Cc1noc(N)c1-c1ccc(C)c(C)c1. The van der Waals surface area contributed by atoms with E-state index in [4.69, 9.17) is 10.3 Å². The second-order valence-corrected chi connectivity index (χ2v) is 5.39. The normalized spacial score (nSPS) is 12.6. The second kappa shape index (κ2) is 5.47. The Balaban J connectivity index is 2.43. The van der Waals surface area contributed by atoms with Gasteiger partial charge >= 0.3 is 0 Å². The van der Waals surface area contributed by atoms with Crippen LogP contribution in [0.4, 0.5) is 5.88 Å². The standard InChI is InChI=1S/C16H22N2O/c1-5-10(2)8-14-15(16(17)19-18-14)13-7-6-11(3)12(4)9-13/h6-7,9-10H,5,8,17H2,1-4H3. The number of nitrogens with two attached hydrogens (primary N) is 1. The van der Waals surface area contributed by atoms with Crippen LogP contribution in [0, 0.1) is 19.8 Å². The summed E-state index contributed by atoms with van der Waals surface area (Å²) in [5.74, 6) is 0.997. The predicted octanol–water partition coefficient (Wildman–Crippen LogP) is 4.13. The highest BCUT2D eigenvalue weighted by molar-refractivity contribution is 5.75.